The molecule has 0 saturated carbocycles. The molecule has 1 aromatic heterocycles. The minimum Gasteiger partial charge on any atom is -0.329 e. The molecule has 3 heteroatoms. The summed E-state index contributed by atoms with van der Waals surface area (Å²) in [6.45, 7) is 4.36. The zero-order valence-corrected chi connectivity index (χ0v) is 12.7. The molecule has 21 heavy (non-hydrogen) atoms. The standard InChI is InChI=1S/C18H19N3/c1-4-14-8-7-11-17(13(14)2)21(3)18-15-9-5-6-10-16(15)19-12-20-18/h5-12H,4H2,1-3H3. The maximum absolute atomic E-state index is 4.49. The number of para-hydroxylation sites is 1. The monoisotopic (exact) mass is 277 g/mol. The van der Waals surface area contributed by atoms with Crippen molar-refractivity contribution in [3.63, 3.8) is 0 Å². The lowest BCUT2D eigenvalue weighted by Crippen LogP contribution is -2.14. The highest BCUT2D eigenvalue weighted by Gasteiger charge is 2.13. The van der Waals surface area contributed by atoms with Gasteiger partial charge in [0.2, 0.25) is 0 Å². The molecule has 3 rings (SSSR count). The van der Waals surface area contributed by atoms with Crippen molar-refractivity contribution in [2.75, 3.05) is 11.9 Å². The molecule has 2 aromatic carbocycles. The molecular weight excluding hydrogens is 258 g/mol. The molecule has 0 bridgehead atoms. The number of hydrogen-bond acceptors (Lipinski definition) is 3. The molecule has 0 radical (unpaired) electrons. The third-order valence-electron chi connectivity index (χ3n) is 4.00. The van der Waals surface area contributed by atoms with Crippen molar-refractivity contribution in [2.45, 2.75) is 20.3 Å². The van der Waals surface area contributed by atoms with Crippen LogP contribution in [0.15, 0.2) is 48.8 Å². The fourth-order valence-corrected chi connectivity index (χ4v) is 2.79. The van der Waals surface area contributed by atoms with Crippen LogP contribution in [-0.2, 0) is 6.42 Å². The molecule has 0 N–H and O–H groups in total. The van der Waals surface area contributed by atoms with Gasteiger partial charge in [-0.25, -0.2) is 9.97 Å². The van der Waals surface area contributed by atoms with E-state index in [0.29, 0.717) is 0 Å². The Morgan fingerprint density at radius 3 is 2.62 bits per heavy atom. The van der Waals surface area contributed by atoms with Crippen LogP contribution in [0.25, 0.3) is 10.9 Å². The number of fused-ring (bicyclic) bond motifs is 1. The molecular formula is C18H19N3. The second-order valence-corrected chi connectivity index (χ2v) is 5.19. The van der Waals surface area contributed by atoms with Gasteiger partial charge < -0.3 is 4.90 Å². The summed E-state index contributed by atoms with van der Waals surface area (Å²) in [6, 6.07) is 14.6. The Bertz CT molecular complexity index is 775. The maximum Gasteiger partial charge on any atom is 0.144 e. The normalized spacial score (nSPS) is 10.8. The first kappa shape index (κ1) is 13.6. The van der Waals surface area contributed by atoms with E-state index in [1.807, 2.05) is 18.2 Å². The largest absolute Gasteiger partial charge is 0.329 e. The van der Waals surface area contributed by atoms with Crippen LogP contribution in [0.2, 0.25) is 0 Å². The topological polar surface area (TPSA) is 29.0 Å². The zero-order valence-electron chi connectivity index (χ0n) is 12.7. The van der Waals surface area contributed by atoms with E-state index in [-0.39, 0.29) is 0 Å². The van der Waals surface area contributed by atoms with Gasteiger partial charge in [-0.15, -0.1) is 0 Å². The summed E-state index contributed by atoms with van der Waals surface area (Å²) in [5.41, 5.74) is 4.85. The van der Waals surface area contributed by atoms with Crippen LogP contribution in [0.4, 0.5) is 11.5 Å². The lowest BCUT2D eigenvalue weighted by molar-refractivity contribution is 1.07. The van der Waals surface area contributed by atoms with E-state index in [1.54, 1.807) is 6.33 Å². The van der Waals surface area contributed by atoms with Crippen LogP contribution < -0.4 is 4.90 Å². The van der Waals surface area contributed by atoms with Crippen LogP contribution in [0, 0.1) is 6.92 Å². The van der Waals surface area contributed by atoms with Gasteiger partial charge in [0, 0.05) is 18.1 Å². The molecule has 0 amide bonds. The molecule has 0 aliphatic carbocycles. The van der Waals surface area contributed by atoms with Crippen molar-refractivity contribution in [1.29, 1.82) is 0 Å². The Hall–Kier alpha value is -2.42. The molecule has 0 atom stereocenters. The summed E-state index contributed by atoms with van der Waals surface area (Å²) < 4.78 is 0. The summed E-state index contributed by atoms with van der Waals surface area (Å²) in [4.78, 5) is 11.0. The predicted octanol–water partition coefficient (Wildman–Crippen LogP) is 4.27. The summed E-state index contributed by atoms with van der Waals surface area (Å²) in [6.07, 6.45) is 2.67. The number of aryl methyl sites for hydroxylation is 1. The molecule has 0 spiro atoms. The summed E-state index contributed by atoms with van der Waals surface area (Å²) in [5, 5.41) is 1.07. The fraction of sp³-hybridized carbons (Fsp3) is 0.222. The SMILES string of the molecule is CCc1cccc(N(C)c2ncnc3ccccc23)c1C. The Balaban J connectivity index is 2.15. The van der Waals surface area contributed by atoms with Crippen LogP contribution in [-0.4, -0.2) is 17.0 Å². The minimum absolute atomic E-state index is 0.942. The van der Waals surface area contributed by atoms with E-state index in [4.69, 9.17) is 0 Å². The lowest BCUT2D eigenvalue weighted by atomic mass is 10.0. The number of anilines is 2. The Morgan fingerprint density at radius 1 is 1.00 bits per heavy atom. The van der Waals surface area contributed by atoms with Crippen LogP contribution >= 0.6 is 0 Å². The number of hydrogen-bond donors (Lipinski definition) is 0. The van der Waals surface area contributed by atoms with Gasteiger partial charge in [0.25, 0.3) is 0 Å². The van der Waals surface area contributed by atoms with E-state index in [0.717, 1.165) is 23.1 Å². The maximum atomic E-state index is 4.49. The fourth-order valence-electron chi connectivity index (χ4n) is 2.79. The number of aromatic nitrogens is 2. The first-order chi connectivity index (χ1) is 10.2. The molecule has 1 heterocycles. The van der Waals surface area contributed by atoms with Crippen molar-refractivity contribution in [3.8, 4) is 0 Å². The average Bonchev–Trinajstić information content (AvgIpc) is 2.54. The Labute approximate surface area is 125 Å². The number of rotatable bonds is 3. The zero-order chi connectivity index (χ0) is 14.8. The first-order valence-electron chi connectivity index (χ1n) is 7.24. The van der Waals surface area contributed by atoms with E-state index in [2.05, 4.69) is 60.0 Å². The minimum atomic E-state index is 0.942. The second-order valence-electron chi connectivity index (χ2n) is 5.19. The van der Waals surface area contributed by atoms with Gasteiger partial charge in [-0.05, 0) is 42.7 Å². The number of nitrogens with zero attached hydrogens (tertiary/aromatic N) is 3. The van der Waals surface area contributed by atoms with Gasteiger partial charge in [-0.2, -0.15) is 0 Å². The van der Waals surface area contributed by atoms with Gasteiger partial charge >= 0.3 is 0 Å². The highest BCUT2D eigenvalue weighted by atomic mass is 15.2. The van der Waals surface area contributed by atoms with Crippen molar-refractivity contribution >= 4 is 22.4 Å². The third-order valence-corrected chi connectivity index (χ3v) is 4.00. The van der Waals surface area contributed by atoms with Crippen molar-refractivity contribution in [2.24, 2.45) is 0 Å². The first-order valence-corrected chi connectivity index (χ1v) is 7.24. The van der Waals surface area contributed by atoms with Crippen LogP contribution in [0.5, 0.6) is 0 Å². The highest BCUT2D eigenvalue weighted by Crippen LogP contribution is 2.31. The Kier molecular flexibility index (Phi) is 3.57. The highest BCUT2D eigenvalue weighted by molar-refractivity contribution is 5.91. The van der Waals surface area contributed by atoms with Gasteiger partial charge in [0.05, 0.1) is 5.52 Å². The molecule has 0 fully saturated rings. The average molecular weight is 277 g/mol. The van der Waals surface area contributed by atoms with Gasteiger partial charge in [-0.3, -0.25) is 0 Å². The van der Waals surface area contributed by atoms with E-state index in [9.17, 15) is 0 Å². The van der Waals surface area contributed by atoms with E-state index < -0.39 is 0 Å². The molecule has 0 unspecified atom stereocenters. The second kappa shape index (κ2) is 5.52. The lowest BCUT2D eigenvalue weighted by Gasteiger charge is -2.23. The van der Waals surface area contributed by atoms with Crippen LogP contribution in [0.1, 0.15) is 18.1 Å². The van der Waals surface area contributed by atoms with Crippen molar-refractivity contribution in [1.82, 2.24) is 9.97 Å². The van der Waals surface area contributed by atoms with Gasteiger partial charge in [0.15, 0.2) is 0 Å². The van der Waals surface area contributed by atoms with E-state index >= 15 is 0 Å². The molecule has 0 aliphatic heterocycles. The Morgan fingerprint density at radius 2 is 1.81 bits per heavy atom. The summed E-state index contributed by atoms with van der Waals surface area (Å²) in [7, 11) is 2.07. The van der Waals surface area contributed by atoms with Crippen molar-refractivity contribution < 1.29 is 0 Å². The quantitative estimate of drug-likeness (QED) is 0.716. The molecule has 106 valence electrons. The molecule has 0 saturated heterocycles. The van der Waals surface area contributed by atoms with Gasteiger partial charge in [0.1, 0.15) is 12.1 Å². The van der Waals surface area contributed by atoms with E-state index in [1.165, 1.54) is 16.8 Å². The molecule has 0 aliphatic rings. The molecule has 3 nitrogen and oxygen atoms in total. The summed E-state index contributed by atoms with van der Waals surface area (Å²) >= 11 is 0. The van der Waals surface area contributed by atoms with Crippen molar-refractivity contribution in [3.05, 3.63) is 59.9 Å². The number of benzene rings is 2. The van der Waals surface area contributed by atoms with Gasteiger partial charge in [-0.1, -0.05) is 31.2 Å². The third kappa shape index (κ3) is 2.35. The van der Waals surface area contributed by atoms with Crippen LogP contribution in [0.3, 0.4) is 0 Å². The summed E-state index contributed by atoms with van der Waals surface area (Å²) in [5.74, 6) is 0.942. The predicted molar refractivity (Wildman–Crippen MR) is 88.2 cm³/mol. The molecule has 3 aromatic rings. The smallest absolute Gasteiger partial charge is 0.144 e.